The minimum absolute atomic E-state index is 0.0270. The maximum absolute atomic E-state index is 12.6. The molecule has 3 aromatic rings. The van der Waals surface area contributed by atoms with Crippen molar-refractivity contribution in [3.63, 3.8) is 0 Å². The van der Waals surface area contributed by atoms with Gasteiger partial charge in [-0.1, -0.05) is 55.0 Å². The molecule has 3 rings (SSSR count). The largest absolute Gasteiger partial charge is 0.441 e. The molecule has 29 heavy (non-hydrogen) atoms. The van der Waals surface area contributed by atoms with Gasteiger partial charge in [-0.15, -0.1) is 0 Å². The Labute approximate surface area is 171 Å². The van der Waals surface area contributed by atoms with E-state index in [0.717, 1.165) is 16.7 Å². The molecule has 5 nitrogen and oxygen atoms in total. The van der Waals surface area contributed by atoms with Gasteiger partial charge in [-0.3, -0.25) is 4.79 Å². The summed E-state index contributed by atoms with van der Waals surface area (Å²) in [6, 6.07) is 17.3. The number of hydrogen-bond acceptors (Lipinski definition) is 5. The van der Waals surface area contributed by atoms with Crippen molar-refractivity contribution in [2.75, 3.05) is 5.75 Å². The second-order valence-electron chi connectivity index (χ2n) is 7.47. The first-order valence-electron chi connectivity index (χ1n) is 9.54. The number of carbonyl (C=O) groups excluding carboxylic acids is 1. The van der Waals surface area contributed by atoms with Crippen molar-refractivity contribution in [1.29, 1.82) is 0 Å². The summed E-state index contributed by atoms with van der Waals surface area (Å²) in [6.07, 6.45) is 0.190. The Morgan fingerprint density at radius 2 is 1.69 bits per heavy atom. The van der Waals surface area contributed by atoms with Crippen molar-refractivity contribution in [3.05, 3.63) is 77.2 Å². The number of Topliss-reactive ketones (excluding diaryl/α,β-unsaturated/α-hetero) is 1. The van der Waals surface area contributed by atoms with Crippen molar-refractivity contribution in [3.8, 4) is 11.5 Å². The highest BCUT2D eigenvalue weighted by atomic mass is 32.2. The van der Waals surface area contributed by atoms with E-state index in [1.807, 2.05) is 68.4 Å². The van der Waals surface area contributed by atoms with E-state index in [0.29, 0.717) is 17.3 Å². The molecular weight excluding hydrogens is 386 g/mol. The number of hydrogen-bond donors (Lipinski definition) is 0. The number of benzene rings is 2. The molecule has 0 aliphatic rings. The molecule has 0 aliphatic carbocycles. The molecule has 0 bridgehead atoms. The minimum Gasteiger partial charge on any atom is -0.441 e. The zero-order chi connectivity index (χ0) is 21.0. The number of ketones is 1. The number of oxazole rings is 1. The van der Waals surface area contributed by atoms with Crippen molar-refractivity contribution in [1.82, 2.24) is 4.98 Å². The van der Waals surface area contributed by atoms with Gasteiger partial charge in [0.25, 0.3) is 0 Å². The summed E-state index contributed by atoms with van der Waals surface area (Å²) >= 11 is 0. The molecule has 1 heterocycles. The molecule has 1 unspecified atom stereocenters. The summed E-state index contributed by atoms with van der Waals surface area (Å²) in [5.74, 6) is -0.274. The first-order valence-corrected chi connectivity index (χ1v) is 11.4. The average Bonchev–Trinajstić information content (AvgIpc) is 3.02. The van der Waals surface area contributed by atoms with Crippen molar-refractivity contribution in [2.24, 2.45) is 0 Å². The SMILES string of the molecule is Cc1ccc(-c2nc(CS(=O)(=O)CC(=O)CC(C)c3ccccc3)c(C)o2)cc1. The van der Waals surface area contributed by atoms with Gasteiger partial charge in [0.15, 0.2) is 9.84 Å². The van der Waals surface area contributed by atoms with Gasteiger partial charge in [0.2, 0.25) is 5.89 Å². The van der Waals surface area contributed by atoms with Crippen LogP contribution in [0.3, 0.4) is 0 Å². The fourth-order valence-corrected chi connectivity index (χ4v) is 4.58. The lowest BCUT2D eigenvalue weighted by Crippen LogP contribution is -2.19. The Balaban J connectivity index is 1.66. The van der Waals surface area contributed by atoms with Gasteiger partial charge in [0, 0.05) is 12.0 Å². The maximum Gasteiger partial charge on any atom is 0.226 e. The molecule has 0 amide bonds. The molecule has 0 fully saturated rings. The summed E-state index contributed by atoms with van der Waals surface area (Å²) in [6.45, 7) is 5.60. The number of nitrogens with zero attached hydrogens (tertiary/aromatic N) is 1. The number of rotatable bonds is 8. The van der Waals surface area contributed by atoms with E-state index in [9.17, 15) is 13.2 Å². The number of aromatic nitrogens is 1. The van der Waals surface area contributed by atoms with Crippen molar-refractivity contribution < 1.29 is 17.6 Å². The third kappa shape index (κ3) is 5.64. The van der Waals surface area contributed by atoms with Gasteiger partial charge in [-0.25, -0.2) is 13.4 Å². The highest BCUT2D eigenvalue weighted by Crippen LogP contribution is 2.24. The van der Waals surface area contributed by atoms with Crippen LogP contribution in [-0.2, 0) is 20.4 Å². The van der Waals surface area contributed by atoms with Gasteiger partial charge in [0.1, 0.15) is 17.3 Å². The molecule has 6 heteroatoms. The minimum atomic E-state index is -3.63. The fourth-order valence-electron chi connectivity index (χ4n) is 3.19. The van der Waals surface area contributed by atoms with E-state index in [-0.39, 0.29) is 23.9 Å². The molecule has 0 saturated carbocycles. The number of aryl methyl sites for hydroxylation is 2. The summed E-state index contributed by atoms with van der Waals surface area (Å²) < 4.78 is 30.8. The molecule has 0 saturated heterocycles. The third-order valence-electron chi connectivity index (χ3n) is 4.83. The van der Waals surface area contributed by atoms with Gasteiger partial charge in [-0.2, -0.15) is 0 Å². The van der Waals surface area contributed by atoms with Crippen LogP contribution in [0.1, 0.15) is 41.8 Å². The van der Waals surface area contributed by atoms with Gasteiger partial charge >= 0.3 is 0 Å². The van der Waals surface area contributed by atoms with Crippen LogP contribution in [0.5, 0.6) is 0 Å². The zero-order valence-corrected chi connectivity index (χ0v) is 17.7. The molecule has 0 spiro atoms. The Hall–Kier alpha value is -2.73. The van der Waals surface area contributed by atoms with E-state index < -0.39 is 15.6 Å². The smallest absolute Gasteiger partial charge is 0.226 e. The predicted molar refractivity (Wildman–Crippen MR) is 113 cm³/mol. The van der Waals surface area contributed by atoms with E-state index in [2.05, 4.69) is 4.98 Å². The highest BCUT2D eigenvalue weighted by Gasteiger charge is 2.23. The van der Waals surface area contributed by atoms with Crippen molar-refractivity contribution in [2.45, 2.75) is 38.9 Å². The molecule has 0 N–H and O–H groups in total. The van der Waals surface area contributed by atoms with E-state index >= 15 is 0 Å². The van der Waals surface area contributed by atoms with Gasteiger partial charge in [-0.05, 0) is 37.5 Å². The second-order valence-corrected chi connectivity index (χ2v) is 9.54. The van der Waals surface area contributed by atoms with Crippen LogP contribution in [0.4, 0.5) is 0 Å². The van der Waals surface area contributed by atoms with Gasteiger partial charge < -0.3 is 4.42 Å². The molecule has 2 aromatic carbocycles. The Bertz CT molecular complexity index is 1080. The lowest BCUT2D eigenvalue weighted by atomic mass is 9.96. The first-order chi connectivity index (χ1) is 13.7. The Kier molecular flexibility index (Phi) is 6.33. The topological polar surface area (TPSA) is 77.2 Å². The third-order valence-corrected chi connectivity index (χ3v) is 6.31. The standard InChI is InChI=1S/C23H25NO4S/c1-16-9-11-20(12-10-16)23-24-22(18(3)28-23)15-29(26,27)14-21(25)13-17(2)19-7-5-4-6-8-19/h4-12,17H,13-15H2,1-3H3. The van der Waals surface area contributed by atoms with E-state index in [1.165, 1.54) is 0 Å². The fraction of sp³-hybridized carbons (Fsp3) is 0.304. The summed E-state index contributed by atoms with van der Waals surface area (Å²) in [4.78, 5) is 16.7. The molecule has 0 aliphatic heterocycles. The van der Waals surface area contributed by atoms with Crippen molar-refractivity contribution >= 4 is 15.6 Å². The second kappa shape index (κ2) is 8.74. The van der Waals surface area contributed by atoms with Crippen LogP contribution < -0.4 is 0 Å². The molecule has 152 valence electrons. The zero-order valence-electron chi connectivity index (χ0n) is 16.9. The van der Waals surface area contributed by atoms with E-state index in [4.69, 9.17) is 4.42 Å². The molecular formula is C23H25NO4S. The number of carbonyl (C=O) groups is 1. The highest BCUT2D eigenvalue weighted by molar-refractivity contribution is 7.91. The van der Waals surface area contributed by atoms with Crippen LogP contribution in [-0.4, -0.2) is 24.9 Å². The van der Waals surface area contributed by atoms with Crippen LogP contribution >= 0.6 is 0 Å². The lowest BCUT2D eigenvalue weighted by molar-refractivity contribution is -0.117. The summed E-state index contributed by atoms with van der Waals surface area (Å²) in [5.41, 5.74) is 3.27. The molecule has 1 atom stereocenters. The van der Waals surface area contributed by atoms with Crippen LogP contribution in [0.25, 0.3) is 11.5 Å². The number of sulfone groups is 1. The normalized spacial score (nSPS) is 12.7. The summed E-state index contributed by atoms with van der Waals surface area (Å²) in [5, 5.41) is 0. The Morgan fingerprint density at radius 1 is 1.03 bits per heavy atom. The average molecular weight is 412 g/mol. The lowest BCUT2D eigenvalue weighted by Gasteiger charge is -2.11. The van der Waals surface area contributed by atoms with Crippen LogP contribution in [0, 0.1) is 13.8 Å². The quantitative estimate of drug-likeness (QED) is 0.540. The predicted octanol–water partition coefficient (Wildman–Crippen LogP) is 4.64. The van der Waals surface area contributed by atoms with Gasteiger partial charge in [0.05, 0.1) is 11.4 Å². The van der Waals surface area contributed by atoms with E-state index in [1.54, 1.807) is 6.92 Å². The molecule has 0 radical (unpaired) electrons. The Morgan fingerprint density at radius 3 is 2.34 bits per heavy atom. The monoisotopic (exact) mass is 411 g/mol. The maximum atomic E-state index is 12.6. The molecule has 1 aromatic heterocycles. The first kappa shape index (κ1) is 21.0. The summed E-state index contributed by atoms with van der Waals surface area (Å²) in [7, 11) is -3.63. The van der Waals surface area contributed by atoms with Crippen LogP contribution in [0.15, 0.2) is 59.0 Å². The van der Waals surface area contributed by atoms with Crippen LogP contribution in [0.2, 0.25) is 0 Å².